The van der Waals surface area contributed by atoms with Gasteiger partial charge in [-0.3, -0.25) is 9.59 Å². The van der Waals surface area contributed by atoms with Gasteiger partial charge in [0, 0.05) is 5.56 Å². The number of hydrogen-bond donors (Lipinski definition) is 3. The van der Waals surface area contributed by atoms with E-state index in [0.29, 0.717) is 0 Å². The number of carbonyl (C=O) groups is 2. The van der Waals surface area contributed by atoms with E-state index in [1.807, 2.05) is 0 Å². The summed E-state index contributed by atoms with van der Waals surface area (Å²) in [6, 6.07) is 2.51. The number of hydrogen-bond acceptors (Lipinski definition) is 7. The van der Waals surface area contributed by atoms with Gasteiger partial charge in [0.15, 0.2) is 12.2 Å². The Morgan fingerprint density at radius 1 is 1.16 bits per heavy atom. The molecule has 1 aromatic carbocycles. The zero-order valence-electron chi connectivity index (χ0n) is 16.4. The Kier molecular flexibility index (Phi) is 7.16. The summed E-state index contributed by atoms with van der Waals surface area (Å²) in [7, 11) is 0. The van der Waals surface area contributed by atoms with Crippen molar-refractivity contribution < 1.29 is 42.4 Å². The number of nitrogens with one attached hydrogen (secondary N) is 1. The molecule has 0 amide bonds. The highest BCUT2D eigenvalue weighted by Crippen LogP contribution is 2.37. The van der Waals surface area contributed by atoms with Crippen LogP contribution < -0.4 is 5.32 Å². The number of ether oxygens (including phenoxy) is 2. The molecule has 1 saturated heterocycles. The minimum atomic E-state index is -3.04. The minimum Gasteiger partial charge on any atom is -0.480 e. The van der Waals surface area contributed by atoms with Crippen molar-refractivity contribution in [2.75, 3.05) is 18.5 Å². The second kappa shape index (κ2) is 9.67. The lowest BCUT2D eigenvalue weighted by molar-refractivity contribution is -0.150. The first kappa shape index (κ1) is 23.7. The third kappa shape index (κ3) is 4.76. The molecule has 0 radical (unpaired) electrons. The highest BCUT2D eigenvalue weighted by Gasteiger charge is 2.38. The number of anilines is 1. The summed E-state index contributed by atoms with van der Waals surface area (Å²) in [6.07, 6.45) is -4.26. The summed E-state index contributed by atoms with van der Waals surface area (Å²) < 4.78 is 51.5. The van der Waals surface area contributed by atoms with E-state index in [-0.39, 0.29) is 30.2 Å². The SMILES string of the molecule is C[C@@H](Nc1nc(Cl)nc(C(C(=O)O)C(=O)O)c1C1OCCO1)c1cccc(C(F)F)c1F. The first-order valence-corrected chi connectivity index (χ1v) is 9.58. The first-order chi connectivity index (χ1) is 15.1. The number of carboxylic acids is 2. The van der Waals surface area contributed by atoms with Crippen LogP contribution in [0.15, 0.2) is 18.2 Å². The van der Waals surface area contributed by atoms with Crippen molar-refractivity contribution in [3.63, 3.8) is 0 Å². The fourth-order valence-electron chi connectivity index (χ4n) is 3.24. The van der Waals surface area contributed by atoms with Gasteiger partial charge in [-0.25, -0.2) is 23.1 Å². The van der Waals surface area contributed by atoms with Crippen LogP contribution in [0.3, 0.4) is 0 Å². The quantitative estimate of drug-likeness (QED) is 0.386. The van der Waals surface area contributed by atoms with Crippen molar-refractivity contribution in [1.29, 1.82) is 0 Å². The van der Waals surface area contributed by atoms with Gasteiger partial charge in [-0.05, 0) is 18.5 Å². The molecule has 3 rings (SSSR count). The fourth-order valence-corrected chi connectivity index (χ4v) is 3.42. The van der Waals surface area contributed by atoms with Crippen LogP contribution in [-0.2, 0) is 19.1 Å². The molecule has 1 atom stereocenters. The fraction of sp³-hybridized carbons (Fsp3) is 0.368. The van der Waals surface area contributed by atoms with E-state index in [9.17, 15) is 33.0 Å². The number of alkyl halides is 2. The second-order valence-corrected chi connectivity index (χ2v) is 7.08. The zero-order chi connectivity index (χ0) is 23.6. The van der Waals surface area contributed by atoms with Gasteiger partial charge in [0.1, 0.15) is 11.6 Å². The lowest BCUT2D eigenvalue weighted by Gasteiger charge is -2.23. The highest BCUT2D eigenvalue weighted by atomic mass is 35.5. The Balaban J connectivity index is 2.11. The van der Waals surface area contributed by atoms with E-state index < -0.39 is 59.0 Å². The maximum atomic E-state index is 14.6. The van der Waals surface area contributed by atoms with Gasteiger partial charge in [-0.1, -0.05) is 18.2 Å². The van der Waals surface area contributed by atoms with E-state index in [4.69, 9.17) is 21.1 Å². The lowest BCUT2D eigenvalue weighted by Crippen LogP contribution is -2.26. The first-order valence-electron chi connectivity index (χ1n) is 9.21. The van der Waals surface area contributed by atoms with Crippen molar-refractivity contribution in [2.45, 2.75) is 31.6 Å². The van der Waals surface area contributed by atoms with Crippen LogP contribution in [0.4, 0.5) is 19.0 Å². The number of nitrogens with zero attached hydrogens (tertiary/aromatic N) is 2. The van der Waals surface area contributed by atoms with Crippen molar-refractivity contribution in [3.05, 3.63) is 51.7 Å². The topological polar surface area (TPSA) is 131 Å². The summed E-state index contributed by atoms with van der Waals surface area (Å²) >= 11 is 5.91. The summed E-state index contributed by atoms with van der Waals surface area (Å²) in [5, 5.41) is 21.1. The molecule has 2 aromatic rings. The number of carboxylic acid groups (broad SMARTS) is 2. The molecule has 0 spiro atoms. The normalized spacial score (nSPS) is 15.3. The minimum absolute atomic E-state index is 0.123. The number of aromatic nitrogens is 2. The Morgan fingerprint density at radius 2 is 1.75 bits per heavy atom. The van der Waals surface area contributed by atoms with Crippen molar-refractivity contribution in [2.24, 2.45) is 0 Å². The lowest BCUT2D eigenvalue weighted by atomic mass is 9.99. The molecule has 32 heavy (non-hydrogen) atoms. The standard InChI is InChI=1S/C19H17ClF3N3O6/c1-7(8-3-2-4-9(12(8)21)14(22)23)24-15-10(18-31-5-6-32-18)13(25-19(20)26-15)11(16(27)28)17(29)30/h2-4,7,11,14,18H,5-6H2,1H3,(H,27,28)(H,29,30)(H,24,25,26)/t7-/m1/s1. The van der Waals surface area contributed by atoms with Crippen LogP contribution in [-0.4, -0.2) is 45.3 Å². The number of benzene rings is 1. The van der Waals surface area contributed by atoms with Gasteiger partial charge in [-0.2, -0.15) is 0 Å². The average Bonchev–Trinajstić information content (AvgIpc) is 3.21. The van der Waals surface area contributed by atoms with Crippen LogP contribution in [0.5, 0.6) is 0 Å². The molecule has 1 fully saturated rings. The molecule has 1 aliphatic rings. The van der Waals surface area contributed by atoms with E-state index in [0.717, 1.165) is 6.07 Å². The van der Waals surface area contributed by atoms with Crippen LogP contribution in [0.25, 0.3) is 0 Å². The monoisotopic (exact) mass is 475 g/mol. The van der Waals surface area contributed by atoms with Crippen molar-refractivity contribution in [1.82, 2.24) is 9.97 Å². The molecule has 0 saturated carbocycles. The van der Waals surface area contributed by atoms with Gasteiger partial charge in [0.25, 0.3) is 6.43 Å². The Morgan fingerprint density at radius 3 is 2.31 bits per heavy atom. The van der Waals surface area contributed by atoms with E-state index >= 15 is 0 Å². The van der Waals surface area contributed by atoms with Gasteiger partial charge >= 0.3 is 11.9 Å². The maximum Gasteiger partial charge on any atom is 0.324 e. The van der Waals surface area contributed by atoms with Gasteiger partial charge < -0.3 is 25.0 Å². The molecule has 13 heteroatoms. The molecule has 9 nitrogen and oxygen atoms in total. The molecule has 0 bridgehead atoms. The molecule has 1 aromatic heterocycles. The Hall–Kier alpha value is -2.96. The number of halogens is 4. The average molecular weight is 476 g/mol. The molecule has 3 N–H and O–H groups in total. The van der Waals surface area contributed by atoms with Gasteiger partial charge in [0.05, 0.1) is 36.1 Å². The van der Waals surface area contributed by atoms with Crippen LogP contribution in [0.2, 0.25) is 5.28 Å². The van der Waals surface area contributed by atoms with Crippen LogP contribution in [0, 0.1) is 5.82 Å². The molecule has 1 aliphatic heterocycles. The molecule has 172 valence electrons. The highest BCUT2D eigenvalue weighted by molar-refractivity contribution is 6.28. The number of rotatable bonds is 8. The van der Waals surface area contributed by atoms with E-state index in [1.54, 1.807) is 0 Å². The zero-order valence-corrected chi connectivity index (χ0v) is 17.1. The Labute approximate surface area is 184 Å². The summed E-state index contributed by atoms with van der Waals surface area (Å²) in [6.45, 7) is 1.69. The maximum absolute atomic E-state index is 14.6. The summed E-state index contributed by atoms with van der Waals surface area (Å²) in [4.78, 5) is 31.0. The van der Waals surface area contributed by atoms with Gasteiger partial charge in [0.2, 0.25) is 5.28 Å². The van der Waals surface area contributed by atoms with Crippen LogP contribution >= 0.6 is 11.6 Å². The summed E-state index contributed by atoms with van der Waals surface area (Å²) in [5.41, 5.74) is -1.57. The molecule has 0 unspecified atom stereocenters. The molecule has 2 heterocycles. The van der Waals surface area contributed by atoms with E-state index in [2.05, 4.69) is 15.3 Å². The third-order valence-corrected chi connectivity index (χ3v) is 4.85. The second-order valence-electron chi connectivity index (χ2n) is 6.74. The van der Waals surface area contributed by atoms with Crippen molar-refractivity contribution in [3.8, 4) is 0 Å². The molecule has 0 aliphatic carbocycles. The third-order valence-electron chi connectivity index (χ3n) is 4.69. The van der Waals surface area contributed by atoms with E-state index in [1.165, 1.54) is 19.1 Å². The van der Waals surface area contributed by atoms with Crippen molar-refractivity contribution >= 4 is 29.4 Å². The molecular weight excluding hydrogens is 459 g/mol. The smallest absolute Gasteiger partial charge is 0.324 e. The number of aliphatic carboxylic acids is 2. The predicted molar refractivity (Wildman–Crippen MR) is 103 cm³/mol. The van der Waals surface area contributed by atoms with Crippen LogP contribution in [0.1, 0.15) is 54.0 Å². The van der Waals surface area contributed by atoms with Gasteiger partial charge in [-0.15, -0.1) is 0 Å². The largest absolute Gasteiger partial charge is 0.480 e. The predicted octanol–water partition coefficient (Wildman–Crippen LogP) is 3.68. The Bertz CT molecular complexity index is 1020. The molecular formula is C19H17ClF3N3O6. The summed E-state index contributed by atoms with van der Waals surface area (Å²) in [5.74, 6) is -6.89.